The van der Waals surface area contributed by atoms with Gasteiger partial charge in [0.25, 0.3) is 0 Å². The Morgan fingerprint density at radius 3 is 2.64 bits per heavy atom. The quantitative estimate of drug-likeness (QED) is 0.676. The van der Waals surface area contributed by atoms with E-state index in [1.54, 1.807) is 11.8 Å². The molecule has 0 N–H and O–H groups in total. The molecule has 3 heteroatoms. The van der Waals surface area contributed by atoms with Gasteiger partial charge in [0.2, 0.25) is 0 Å². The molecule has 1 aromatic carbocycles. The van der Waals surface area contributed by atoms with Crippen molar-refractivity contribution in [3.8, 4) is 0 Å². The van der Waals surface area contributed by atoms with Crippen LogP contribution in [-0.2, 0) is 0 Å². The van der Waals surface area contributed by atoms with Crippen LogP contribution >= 0.6 is 39.3 Å². The molecule has 0 spiro atoms. The highest BCUT2D eigenvalue weighted by molar-refractivity contribution is 9.10. The predicted octanol–water partition coefficient (Wildman–Crippen LogP) is 4.13. The summed E-state index contributed by atoms with van der Waals surface area (Å²) < 4.78 is 1.04. The Labute approximate surface area is 84.5 Å². The first kappa shape index (κ1) is 9.43. The molecule has 60 valence electrons. The van der Waals surface area contributed by atoms with E-state index >= 15 is 0 Å². The van der Waals surface area contributed by atoms with Gasteiger partial charge in [-0.2, -0.15) is 0 Å². The van der Waals surface area contributed by atoms with E-state index < -0.39 is 0 Å². The highest BCUT2D eigenvalue weighted by atomic mass is 79.9. The largest absolute Gasteiger partial charge is 0.129 e. The zero-order chi connectivity index (χ0) is 8.43. The highest BCUT2D eigenvalue weighted by Gasteiger charge is 2.02. The Morgan fingerprint density at radius 1 is 1.45 bits per heavy atom. The molecule has 0 aliphatic rings. The lowest BCUT2D eigenvalue weighted by Gasteiger charge is -2.04. The molecule has 0 radical (unpaired) electrons. The van der Waals surface area contributed by atoms with Gasteiger partial charge < -0.3 is 0 Å². The third-order valence-electron chi connectivity index (χ3n) is 1.48. The van der Waals surface area contributed by atoms with Gasteiger partial charge in [0, 0.05) is 14.4 Å². The van der Waals surface area contributed by atoms with Gasteiger partial charge >= 0.3 is 0 Å². The van der Waals surface area contributed by atoms with Crippen LogP contribution in [0.15, 0.2) is 21.5 Å². The molecule has 0 aliphatic heterocycles. The number of hydrogen-bond acceptors (Lipinski definition) is 1. The van der Waals surface area contributed by atoms with Crippen molar-refractivity contribution >= 4 is 39.3 Å². The van der Waals surface area contributed by atoms with Crippen LogP contribution in [0.2, 0.25) is 5.02 Å². The number of benzene rings is 1. The molecule has 11 heavy (non-hydrogen) atoms. The van der Waals surface area contributed by atoms with E-state index in [0.717, 1.165) is 15.1 Å². The van der Waals surface area contributed by atoms with Crippen LogP contribution in [0.3, 0.4) is 0 Å². The summed E-state index contributed by atoms with van der Waals surface area (Å²) in [5.74, 6) is 0. The third kappa shape index (κ3) is 2.14. The second-order valence-electron chi connectivity index (χ2n) is 2.21. The second-order valence-corrected chi connectivity index (χ2v) is 4.39. The van der Waals surface area contributed by atoms with E-state index in [9.17, 15) is 0 Å². The van der Waals surface area contributed by atoms with Gasteiger partial charge in [-0.3, -0.25) is 0 Å². The Morgan fingerprint density at radius 2 is 2.09 bits per heavy atom. The molecule has 0 nitrogen and oxygen atoms in total. The number of rotatable bonds is 1. The fraction of sp³-hybridized carbons (Fsp3) is 0.250. The SMILES string of the molecule is CSc1cc(Br)cc(Cl)c1C. The first-order valence-corrected chi connectivity index (χ1v) is 5.54. The fourth-order valence-corrected chi connectivity index (χ4v) is 2.51. The van der Waals surface area contributed by atoms with Crippen molar-refractivity contribution in [1.82, 2.24) is 0 Å². The first-order valence-electron chi connectivity index (χ1n) is 3.15. The van der Waals surface area contributed by atoms with Gasteiger partial charge in [0.05, 0.1) is 0 Å². The first-order chi connectivity index (χ1) is 5.15. The average molecular weight is 252 g/mol. The summed E-state index contributed by atoms with van der Waals surface area (Å²) in [5.41, 5.74) is 1.15. The molecule has 0 aromatic heterocycles. The van der Waals surface area contributed by atoms with Crippen molar-refractivity contribution < 1.29 is 0 Å². The molecule has 1 aromatic rings. The average Bonchev–Trinajstić information content (AvgIpc) is 1.96. The Bertz CT molecular complexity index is 273. The monoisotopic (exact) mass is 250 g/mol. The van der Waals surface area contributed by atoms with Crippen molar-refractivity contribution in [3.63, 3.8) is 0 Å². The third-order valence-corrected chi connectivity index (χ3v) is 3.20. The number of halogens is 2. The van der Waals surface area contributed by atoms with Gasteiger partial charge in [-0.05, 0) is 30.9 Å². The van der Waals surface area contributed by atoms with Gasteiger partial charge in [-0.15, -0.1) is 11.8 Å². The van der Waals surface area contributed by atoms with Crippen LogP contribution < -0.4 is 0 Å². The molecule has 0 bridgehead atoms. The number of thioether (sulfide) groups is 1. The lowest BCUT2D eigenvalue weighted by atomic mass is 10.2. The van der Waals surface area contributed by atoms with Gasteiger partial charge in [-0.1, -0.05) is 27.5 Å². The molecule has 0 atom stereocenters. The van der Waals surface area contributed by atoms with E-state index in [2.05, 4.69) is 22.0 Å². The van der Waals surface area contributed by atoms with Crippen LogP contribution in [0.25, 0.3) is 0 Å². The fourth-order valence-electron chi connectivity index (χ4n) is 0.834. The summed E-state index contributed by atoms with van der Waals surface area (Å²) in [5, 5.41) is 0.823. The molecule has 0 fully saturated rings. The summed E-state index contributed by atoms with van der Waals surface area (Å²) in [6.45, 7) is 2.03. The minimum Gasteiger partial charge on any atom is -0.129 e. The minimum atomic E-state index is 0.823. The molecule has 0 heterocycles. The van der Waals surface area contributed by atoms with Crippen LogP contribution in [0, 0.1) is 6.92 Å². The summed E-state index contributed by atoms with van der Waals surface area (Å²) >= 11 is 11.1. The van der Waals surface area contributed by atoms with E-state index in [-0.39, 0.29) is 0 Å². The van der Waals surface area contributed by atoms with Gasteiger partial charge in [-0.25, -0.2) is 0 Å². The lowest BCUT2D eigenvalue weighted by molar-refractivity contribution is 1.29. The van der Waals surface area contributed by atoms with Gasteiger partial charge in [0.1, 0.15) is 0 Å². The summed E-state index contributed by atoms with van der Waals surface area (Å²) in [7, 11) is 0. The van der Waals surface area contributed by atoms with Crippen molar-refractivity contribution in [2.24, 2.45) is 0 Å². The van der Waals surface area contributed by atoms with Crippen LogP contribution in [0.1, 0.15) is 5.56 Å². The van der Waals surface area contributed by atoms with Gasteiger partial charge in [0.15, 0.2) is 0 Å². The summed E-state index contributed by atoms with van der Waals surface area (Å²) in [4.78, 5) is 1.23. The summed E-state index contributed by atoms with van der Waals surface area (Å²) in [6.07, 6.45) is 2.05. The Balaban J connectivity index is 3.24. The zero-order valence-electron chi connectivity index (χ0n) is 6.32. The van der Waals surface area contributed by atoms with Crippen LogP contribution in [-0.4, -0.2) is 6.26 Å². The molecule has 1 rings (SSSR count). The standard InChI is InChI=1S/C8H8BrClS/c1-5-7(10)3-6(9)4-8(5)11-2/h3-4H,1-2H3. The zero-order valence-corrected chi connectivity index (χ0v) is 9.48. The lowest BCUT2D eigenvalue weighted by Crippen LogP contribution is -1.80. The predicted molar refractivity (Wildman–Crippen MR) is 55.7 cm³/mol. The molecule has 0 saturated carbocycles. The normalized spacial score (nSPS) is 10.2. The van der Waals surface area contributed by atoms with Crippen LogP contribution in [0.4, 0.5) is 0 Å². The van der Waals surface area contributed by atoms with Crippen molar-refractivity contribution in [3.05, 3.63) is 27.2 Å². The summed E-state index contributed by atoms with van der Waals surface area (Å²) in [6, 6.07) is 3.99. The molecule has 0 aliphatic carbocycles. The molecule has 0 saturated heterocycles. The van der Waals surface area contributed by atoms with Crippen LogP contribution in [0.5, 0.6) is 0 Å². The van der Waals surface area contributed by atoms with Crippen molar-refractivity contribution in [1.29, 1.82) is 0 Å². The van der Waals surface area contributed by atoms with E-state index in [0.29, 0.717) is 0 Å². The second kappa shape index (κ2) is 3.83. The molecule has 0 amide bonds. The maximum Gasteiger partial charge on any atom is 0.0457 e. The smallest absolute Gasteiger partial charge is 0.0457 e. The minimum absolute atomic E-state index is 0.823. The highest BCUT2D eigenvalue weighted by Crippen LogP contribution is 2.30. The van der Waals surface area contributed by atoms with E-state index in [1.807, 2.05) is 19.2 Å². The van der Waals surface area contributed by atoms with E-state index in [1.165, 1.54) is 4.90 Å². The Hall–Kier alpha value is 0.340. The number of hydrogen-bond donors (Lipinski definition) is 0. The van der Waals surface area contributed by atoms with E-state index in [4.69, 9.17) is 11.6 Å². The Kier molecular flexibility index (Phi) is 3.29. The molecular weight excluding hydrogens is 244 g/mol. The molecular formula is C8H8BrClS. The maximum absolute atomic E-state index is 5.95. The molecule has 0 unspecified atom stereocenters. The topological polar surface area (TPSA) is 0 Å². The van der Waals surface area contributed by atoms with Crippen molar-refractivity contribution in [2.45, 2.75) is 11.8 Å². The maximum atomic E-state index is 5.95. The van der Waals surface area contributed by atoms with Crippen molar-refractivity contribution in [2.75, 3.05) is 6.26 Å².